The summed E-state index contributed by atoms with van der Waals surface area (Å²) in [4.78, 5) is 0.251. The SMILES string of the molecule is CCCNCc1ccc(Br)c(S(=O)(=O)NC(C)COC)c1. The Hall–Kier alpha value is -0.470. The highest BCUT2D eigenvalue weighted by Gasteiger charge is 2.20. The first-order valence-corrected chi connectivity index (χ1v) is 9.18. The van der Waals surface area contributed by atoms with Gasteiger partial charge in [-0.25, -0.2) is 13.1 Å². The predicted molar refractivity (Wildman–Crippen MR) is 87.8 cm³/mol. The maximum atomic E-state index is 12.4. The minimum atomic E-state index is -3.57. The molecule has 0 aromatic heterocycles. The third-order valence-electron chi connectivity index (χ3n) is 2.81. The Balaban J connectivity index is 2.91. The van der Waals surface area contributed by atoms with Gasteiger partial charge in [-0.2, -0.15) is 0 Å². The molecule has 1 aromatic carbocycles. The van der Waals surface area contributed by atoms with Crippen LogP contribution < -0.4 is 10.0 Å². The van der Waals surface area contributed by atoms with Crippen molar-refractivity contribution in [3.8, 4) is 0 Å². The van der Waals surface area contributed by atoms with Crippen LogP contribution in [0.1, 0.15) is 25.8 Å². The van der Waals surface area contributed by atoms with E-state index in [1.807, 2.05) is 6.07 Å². The molecule has 0 aliphatic rings. The van der Waals surface area contributed by atoms with Gasteiger partial charge in [-0.15, -0.1) is 0 Å². The molecule has 0 spiro atoms. The number of sulfonamides is 1. The topological polar surface area (TPSA) is 67.4 Å². The van der Waals surface area contributed by atoms with Crippen molar-refractivity contribution in [2.75, 3.05) is 20.3 Å². The zero-order valence-corrected chi connectivity index (χ0v) is 15.1. The fourth-order valence-corrected chi connectivity index (χ4v) is 4.13. The second-order valence-corrected chi connectivity index (χ2v) is 7.46. The third-order valence-corrected chi connectivity index (χ3v) is 5.40. The Morgan fingerprint density at radius 3 is 2.71 bits per heavy atom. The van der Waals surface area contributed by atoms with E-state index in [2.05, 4.69) is 32.9 Å². The van der Waals surface area contributed by atoms with E-state index in [4.69, 9.17) is 4.74 Å². The highest BCUT2D eigenvalue weighted by Crippen LogP contribution is 2.23. The van der Waals surface area contributed by atoms with Gasteiger partial charge in [-0.1, -0.05) is 13.0 Å². The molecular weight excluding hydrogens is 356 g/mol. The lowest BCUT2D eigenvalue weighted by Gasteiger charge is -2.15. The second kappa shape index (κ2) is 8.85. The highest BCUT2D eigenvalue weighted by molar-refractivity contribution is 9.10. The first kappa shape index (κ1) is 18.6. The molecule has 1 rings (SSSR count). The van der Waals surface area contributed by atoms with Crippen LogP contribution in [0.3, 0.4) is 0 Å². The summed E-state index contributed by atoms with van der Waals surface area (Å²) in [5, 5.41) is 3.26. The minimum absolute atomic E-state index is 0.251. The number of hydrogen-bond acceptors (Lipinski definition) is 4. The van der Waals surface area contributed by atoms with Crippen molar-refractivity contribution in [1.29, 1.82) is 0 Å². The normalized spacial score (nSPS) is 13.3. The summed E-state index contributed by atoms with van der Waals surface area (Å²) >= 11 is 3.31. The maximum Gasteiger partial charge on any atom is 0.242 e. The summed E-state index contributed by atoms with van der Waals surface area (Å²) in [5.74, 6) is 0. The molecule has 2 N–H and O–H groups in total. The van der Waals surface area contributed by atoms with Gasteiger partial charge in [0.15, 0.2) is 0 Å². The molecule has 1 atom stereocenters. The lowest BCUT2D eigenvalue weighted by molar-refractivity contribution is 0.180. The monoisotopic (exact) mass is 378 g/mol. The predicted octanol–water partition coefficient (Wildman–Crippen LogP) is 2.26. The number of rotatable bonds is 9. The van der Waals surface area contributed by atoms with Gasteiger partial charge in [-0.3, -0.25) is 0 Å². The molecule has 21 heavy (non-hydrogen) atoms. The zero-order chi connectivity index (χ0) is 15.9. The minimum Gasteiger partial charge on any atom is -0.383 e. The summed E-state index contributed by atoms with van der Waals surface area (Å²) in [5.41, 5.74) is 0.936. The molecule has 5 nitrogen and oxygen atoms in total. The van der Waals surface area contributed by atoms with E-state index in [-0.39, 0.29) is 10.9 Å². The summed E-state index contributed by atoms with van der Waals surface area (Å²) in [6, 6.07) is 5.08. The van der Waals surface area contributed by atoms with E-state index in [0.29, 0.717) is 17.6 Å². The van der Waals surface area contributed by atoms with Gasteiger partial charge in [-0.05, 0) is 53.5 Å². The fourth-order valence-electron chi connectivity index (χ4n) is 1.89. The number of halogens is 1. The van der Waals surface area contributed by atoms with Crippen molar-refractivity contribution < 1.29 is 13.2 Å². The van der Waals surface area contributed by atoms with Gasteiger partial charge >= 0.3 is 0 Å². The van der Waals surface area contributed by atoms with Crippen LogP contribution in [0.15, 0.2) is 27.6 Å². The summed E-state index contributed by atoms with van der Waals surface area (Å²) < 4.78 is 32.9. The zero-order valence-electron chi connectivity index (χ0n) is 12.6. The van der Waals surface area contributed by atoms with E-state index < -0.39 is 10.0 Å². The van der Waals surface area contributed by atoms with Gasteiger partial charge < -0.3 is 10.1 Å². The van der Waals surface area contributed by atoms with Gasteiger partial charge in [0.25, 0.3) is 0 Å². The van der Waals surface area contributed by atoms with E-state index in [1.54, 1.807) is 26.2 Å². The molecule has 0 radical (unpaired) electrons. The lowest BCUT2D eigenvalue weighted by atomic mass is 10.2. The summed E-state index contributed by atoms with van der Waals surface area (Å²) in [6.45, 7) is 5.74. The number of benzene rings is 1. The van der Waals surface area contributed by atoms with E-state index in [9.17, 15) is 8.42 Å². The van der Waals surface area contributed by atoms with E-state index >= 15 is 0 Å². The molecule has 1 unspecified atom stereocenters. The molecule has 0 aliphatic heterocycles. The largest absolute Gasteiger partial charge is 0.383 e. The maximum absolute atomic E-state index is 12.4. The van der Waals surface area contributed by atoms with E-state index in [0.717, 1.165) is 18.5 Å². The van der Waals surface area contributed by atoms with Crippen LogP contribution in [-0.4, -0.2) is 34.7 Å². The molecule has 0 saturated heterocycles. The molecule has 1 aromatic rings. The van der Waals surface area contributed by atoms with Gasteiger partial charge in [0.2, 0.25) is 10.0 Å². The lowest BCUT2D eigenvalue weighted by Crippen LogP contribution is -2.35. The van der Waals surface area contributed by atoms with Crippen molar-refractivity contribution in [1.82, 2.24) is 10.0 Å². The standard InChI is InChI=1S/C14H23BrN2O3S/c1-4-7-16-9-12-5-6-13(15)14(8-12)21(18,19)17-11(2)10-20-3/h5-6,8,11,16-17H,4,7,9-10H2,1-3H3. The first-order chi connectivity index (χ1) is 9.90. The van der Waals surface area contributed by atoms with Crippen molar-refractivity contribution in [2.45, 2.75) is 37.8 Å². The Morgan fingerprint density at radius 1 is 1.38 bits per heavy atom. The van der Waals surface area contributed by atoms with Gasteiger partial charge in [0.05, 0.1) is 11.5 Å². The average Bonchev–Trinajstić information content (AvgIpc) is 2.40. The number of hydrogen-bond donors (Lipinski definition) is 2. The molecule has 120 valence electrons. The van der Waals surface area contributed by atoms with Crippen LogP contribution in [0.2, 0.25) is 0 Å². The smallest absolute Gasteiger partial charge is 0.242 e. The van der Waals surface area contributed by atoms with Gasteiger partial charge in [0.1, 0.15) is 0 Å². The van der Waals surface area contributed by atoms with Crippen molar-refractivity contribution in [2.24, 2.45) is 0 Å². The Kier molecular flexibility index (Phi) is 7.83. The number of ether oxygens (including phenoxy) is 1. The molecule has 0 amide bonds. The third kappa shape index (κ3) is 6.04. The van der Waals surface area contributed by atoms with Crippen molar-refractivity contribution in [3.63, 3.8) is 0 Å². The van der Waals surface area contributed by atoms with Crippen LogP contribution in [0.4, 0.5) is 0 Å². The molecule has 0 aliphatic carbocycles. The van der Waals surface area contributed by atoms with Crippen LogP contribution in [-0.2, 0) is 21.3 Å². The molecule has 0 saturated carbocycles. The molecule has 7 heteroatoms. The Labute approximate surface area is 135 Å². The Bertz CT molecular complexity index is 549. The summed E-state index contributed by atoms with van der Waals surface area (Å²) in [7, 11) is -2.03. The van der Waals surface area contributed by atoms with Crippen LogP contribution in [0, 0.1) is 0 Å². The fraction of sp³-hybridized carbons (Fsp3) is 0.571. The van der Waals surface area contributed by atoms with Gasteiger partial charge in [0, 0.05) is 24.2 Å². The van der Waals surface area contributed by atoms with Crippen molar-refractivity contribution in [3.05, 3.63) is 28.2 Å². The quantitative estimate of drug-likeness (QED) is 0.646. The number of methoxy groups -OCH3 is 1. The molecule has 0 fully saturated rings. The second-order valence-electron chi connectivity index (χ2n) is 4.92. The summed E-state index contributed by atoms with van der Waals surface area (Å²) in [6.07, 6.45) is 1.04. The molecule has 0 bridgehead atoms. The number of nitrogens with one attached hydrogen (secondary N) is 2. The molecular formula is C14H23BrN2O3S. The van der Waals surface area contributed by atoms with E-state index in [1.165, 1.54) is 0 Å². The average molecular weight is 379 g/mol. The first-order valence-electron chi connectivity index (χ1n) is 6.91. The Morgan fingerprint density at radius 2 is 2.10 bits per heavy atom. The van der Waals surface area contributed by atoms with Crippen LogP contribution in [0.5, 0.6) is 0 Å². The highest BCUT2D eigenvalue weighted by atomic mass is 79.9. The van der Waals surface area contributed by atoms with Crippen molar-refractivity contribution >= 4 is 26.0 Å². The van der Waals surface area contributed by atoms with Crippen LogP contribution >= 0.6 is 15.9 Å². The van der Waals surface area contributed by atoms with Crippen LogP contribution in [0.25, 0.3) is 0 Å². The molecule has 0 heterocycles.